The lowest BCUT2D eigenvalue weighted by atomic mass is 9.97. The lowest BCUT2D eigenvalue weighted by molar-refractivity contribution is -0.119. The molecule has 0 radical (unpaired) electrons. The fraction of sp³-hybridized carbons (Fsp3) is 0.375. The number of nitrogens with zero attached hydrogens (tertiary/aromatic N) is 4. The fourth-order valence-corrected chi connectivity index (χ4v) is 7.37. The zero-order valence-corrected chi connectivity index (χ0v) is 23.7. The van der Waals surface area contributed by atoms with Crippen LogP contribution in [0.3, 0.4) is 0 Å². The van der Waals surface area contributed by atoms with Gasteiger partial charge in [0.2, 0.25) is 21.8 Å². The number of sulfone groups is 1. The Labute approximate surface area is 238 Å². The molecule has 0 spiro atoms. The number of alkyl halides is 2. The van der Waals surface area contributed by atoms with Crippen LogP contribution in [0.4, 0.5) is 18.9 Å². The van der Waals surface area contributed by atoms with Gasteiger partial charge >= 0.3 is 0 Å². The molecule has 41 heavy (non-hydrogen) atoms. The Kier molecular flexibility index (Phi) is 7.43. The monoisotopic (exact) mass is 633 g/mol. The number of hydrogen-bond acceptors (Lipinski definition) is 9. The average molecular weight is 634 g/mol. The Morgan fingerprint density at radius 1 is 1.20 bits per heavy atom. The number of piperidine rings is 1. The molecular formula is C24H23ClF3N5O6S2. The third-order valence-corrected chi connectivity index (χ3v) is 10.0. The van der Waals surface area contributed by atoms with E-state index in [4.69, 9.17) is 21.8 Å². The lowest BCUT2D eigenvalue weighted by Gasteiger charge is -2.34. The highest BCUT2D eigenvalue weighted by Crippen LogP contribution is 2.40. The number of benzene rings is 2. The van der Waals surface area contributed by atoms with Crippen molar-refractivity contribution in [3.8, 4) is 11.5 Å². The van der Waals surface area contributed by atoms with Gasteiger partial charge in [-0.05, 0) is 29.8 Å². The number of anilines is 1. The van der Waals surface area contributed by atoms with Gasteiger partial charge in [-0.1, -0.05) is 23.7 Å². The lowest BCUT2D eigenvalue weighted by Crippen LogP contribution is -2.48. The topological polar surface area (TPSA) is 157 Å². The van der Waals surface area contributed by atoms with Gasteiger partial charge in [0.05, 0.1) is 53.2 Å². The largest absolute Gasteiger partial charge is 0.420 e. The molecule has 3 heterocycles. The Morgan fingerprint density at radius 3 is 2.54 bits per heavy atom. The van der Waals surface area contributed by atoms with E-state index in [0.717, 1.165) is 17.2 Å². The summed E-state index contributed by atoms with van der Waals surface area (Å²) >= 11 is 5.94. The molecule has 17 heteroatoms. The quantitative estimate of drug-likeness (QED) is 0.446. The molecule has 1 unspecified atom stereocenters. The summed E-state index contributed by atoms with van der Waals surface area (Å²) in [4.78, 5) is 13.8. The van der Waals surface area contributed by atoms with E-state index >= 15 is 4.39 Å². The van der Waals surface area contributed by atoms with Crippen molar-refractivity contribution in [2.45, 2.75) is 35.7 Å². The molecule has 2 aliphatic rings. The SMILES string of the molecule is CS(=O)(=O)N1CC(c2nnc(-c3cc4c(cc3F)S(=O)(=O)C[C@H](N)C(=O)N4Cc3ccc(Cl)cc3)o2)CC(F)(F)C1. The summed E-state index contributed by atoms with van der Waals surface area (Å²) in [6.07, 6.45) is 0.0135. The van der Waals surface area contributed by atoms with Gasteiger partial charge in [-0.2, -0.15) is 4.31 Å². The maximum absolute atomic E-state index is 15.4. The van der Waals surface area contributed by atoms with Crippen molar-refractivity contribution in [1.82, 2.24) is 14.5 Å². The Hall–Kier alpha value is -3.05. The highest BCUT2D eigenvalue weighted by atomic mass is 35.5. The highest BCUT2D eigenvalue weighted by Gasteiger charge is 2.45. The summed E-state index contributed by atoms with van der Waals surface area (Å²) in [5, 5.41) is 7.94. The summed E-state index contributed by atoms with van der Waals surface area (Å²) in [5.41, 5.74) is 5.88. The van der Waals surface area contributed by atoms with Crippen molar-refractivity contribution < 1.29 is 39.2 Å². The normalized spacial score (nSPS) is 22.8. The van der Waals surface area contributed by atoms with E-state index in [1.165, 1.54) is 0 Å². The van der Waals surface area contributed by atoms with Crippen molar-refractivity contribution in [2.24, 2.45) is 5.73 Å². The number of sulfonamides is 1. The predicted molar refractivity (Wildman–Crippen MR) is 141 cm³/mol. The second kappa shape index (κ2) is 10.3. The van der Waals surface area contributed by atoms with Crippen LogP contribution in [0.15, 0.2) is 45.7 Å². The van der Waals surface area contributed by atoms with Crippen LogP contribution in [0.2, 0.25) is 5.02 Å². The first-order valence-corrected chi connectivity index (χ1v) is 16.0. The molecule has 0 aliphatic carbocycles. The van der Waals surface area contributed by atoms with E-state index in [0.29, 0.717) is 21.0 Å². The molecule has 11 nitrogen and oxygen atoms in total. The molecule has 2 atom stereocenters. The molecular weight excluding hydrogens is 611 g/mol. The predicted octanol–water partition coefficient (Wildman–Crippen LogP) is 2.56. The maximum atomic E-state index is 15.4. The minimum absolute atomic E-state index is 0.134. The minimum Gasteiger partial charge on any atom is -0.420 e. The van der Waals surface area contributed by atoms with Crippen molar-refractivity contribution in [3.05, 3.63) is 58.7 Å². The molecule has 2 N–H and O–H groups in total. The maximum Gasteiger partial charge on any atom is 0.262 e. The third kappa shape index (κ3) is 5.97. The molecule has 0 bridgehead atoms. The van der Waals surface area contributed by atoms with E-state index < -0.39 is 84.5 Å². The molecule has 2 aliphatic heterocycles. The van der Waals surface area contributed by atoms with Crippen LogP contribution in [0.1, 0.15) is 23.8 Å². The standard InChI is InChI=1S/C24H23ClF3N5O6S2/c1-40(35,36)32-10-14(8-24(27,28)12-32)21-30-31-22(39-21)16-6-19-20(7-17(16)26)41(37,38)11-18(29)23(34)33(19)9-13-2-4-15(25)5-3-13/h2-7,14,18H,8-12,29H2,1H3/t14?,18-/m0/s1. The van der Waals surface area contributed by atoms with Crippen LogP contribution in [-0.2, 0) is 31.2 Å². The Bertz CT molecular complexity index is 1730. The first-order chi connectivity index (χ1) is 19.0. The first kappa shape index (κ1) is 29.4. The van der Waals surface area contributed by atoms with Gasteiger partial charge in [0.15, 0.2) is 9.84 Å². The number of nitrogens with two attached hydrogens (primary N) is 1. The fourth-order valence-electron chi connectivity index (χ4n) is 4.80. The van der Waals surface area contributed by atoms with Crippen LogP contribution in [0.5, 0.6) is 0 Å². The average Bonchev–Trinajstić information content (AvgIpc) is 3.34. The zero-order valence-electron chi connectivity index (χ0n) is 21.3. The van der Waals surface area contributed by atoms with E-state index in [1.54, 1.807) is 24.3 Å². The van der Waals surface area contributed by atoms with Gasteiger partial charge in [0.25, 0.3) is 11.8 Å². The summed E-state index contributed by atoms with van der Waals surface area (Å²) in [5.74, 6) is -8.01. The van der Waals surface area contributed by atoms with E-state index in [2.05, 4.69) is 10.2 Å². The van der Waals surface area contributed by atoms with Crippen molar-refractivity contribution >= 4 is 43.1 Å². The summed E-state index contributed by atoms with van der Waals surface area (Å²) in [7, 11) is -8.19. The molecule has 5 rings (SSSR count). The third-order valence-electron chi connectivity index (χ3n) is 6.78. The Morgan fingerprint density at radius 2 is 1.88 bits per heavy atom. The van der Waals surface area contributed by atoms with E-state index in [9.17, 15) is 30.4 Å². The second-order valence-electron chi connectivity index (χ2n) is 10.00. The first-order valence-electron chi connectivity index (χ1n) is 12.1. The van der Waals surface area contributed by atoms with Crippen LogP contribution in [-0.4, -0.2) is 74.3 Å². The summed E-state index contributed by atoms with van der Waals surface area (Å²) < 4.78 is 100. The summed E-state index contributed by atoms with van der Waals surface area (Å²) in [6.45, 7) is -1.50. The van der Waals surface area contributed by atoms with Crippen LogP contribution in [0.25, 0.3) is 11.5 Å². The van der Waals surface area contributed by atoms with E-state index in [1.807, 2.05) is 0 Å². The second-order valence-corrected chi connectivity index (χ2v) is 14.4. The van der Waals surface area contributed by atoms with Crippen LogP contribution >= 0.6 is 11.6 Å². The zero-order chi connectivity index (χ0) is 29.9. The molecule has 1 fully saturated rings. The number of carbonyl (C=O) groups excluding carboxylic acids is 1. The van der Waals surface area contributed by atoms with Gasteiger partial charge in [-0.3, -0.25) is 4.79 Å². The van der Waals surface area contributed by atoms with Gasteiger partial charge in [0, 0.05) is 18.0 Å². The van der Waals surface area contributed by atoms with Gasteiger partial charge in [0.1, 0.15) is 5.82 Å². The number of rotatable bonds is 5. The molecule has 3 aromatic rings. The number of aromatic nitrogens is 2. The molecule has 2 aromatic carbocycles. The molecule has 0 saturated carbocycles. The summed E-state index contributed by atoms with van der Waals surface area (Å²) in [6, 6.07) is 6.71. The van der Waals surface area contributed by atoms with Crippen molar-refractivity contribution in [1.29, 1.82) is 0 Å². The molecule has 1 amide bonds. The van der Waals surface area contributed by atoms with Gasteiger partial charge in [-0.15, -0.1) is 10.2 Å². The molecule has 1 aromatic heterocycles. The van der Waals surface area contributed by atoms with Crippen molar-refractivity contribution in [2.75, 3.05) is 30.0 Å². The minimum atomic E-state index is -4.22. The molecule has 220 valence electrons. The van der Waals surface area contributed by atoms with Crippen LogP contribution < -0.4 is 10.6 Å². The smallest absolute Gasteiger partial charge is 0.262 e. The van der Waals surface area contributed by atoms with Gasteiger partial charge < -0.3 is 15.1 Å². The number of carbonyl (C=O) groups is 1. The number of amides is 1. The van der Waals surface area contributed by atoms with Crippen LogP contribution in [0, 0.1) is 5.82 Å². The molecule has 1 saturated heterocycles. The number of hydrogen-bond donors (Lipinski definition) is 1. The van der Waals surface area contributed by atoms with E-state index in [-0.39, 0.29) is 24.7 Å². The van der Waals surface area contributed by atoms with Gasteiger partial charge in [-0.25, -0.2) is 30.0 Å². The Balaban J connectivity index is 1.57. The van der Waals surface area contributed by atoms with Crippen molar-refractivity contribution in [3.63, 3.8) is 0 Å². The number of fused-ring (bicyclic) bond motifs is 1. The highest BCUT2D eigenvalue weighted by molar-refractivity contribution is 7.91. The number of halogens is 4.